The van der Waals surface area contributed by atoms with Gasteiger partial charge in [0.15, 0.2) is 0 Å². The number of hydrogen-bond acceptors (Lipinski definition) is 4. The third-order valence-corrected chi connectivity index (χ3v) is 5.58. The van der Waals surface area contributed by atoms with E-state index >= 15 is 0 Å². The van der Waals surface area contributed by atoms with Gasteiger partial charge in [0, 0.05) is 30.6 Å². The molecule has 3 rings (SSSR count). The fraction of sp³-hybridized carbons (Fsp3) is 0.688. The Morgan fingerprint density at radius 2 is 2.48 bits per heavy atom. The van der Waals surface area contributed by atoms with E-state index in [4.69, 9.17) is 4.74 Å². The van der Waals surface area contributed by atoms with Gasteiger partial charge in [-0.15, -0.1) is 11.3 Å². The van der Waals surface area contributed by atoms with Crippen LogP contribution in [-0.2, 0) is 16.0 Å². The lowest BCUT2D eigenvalue weighted by Gasteiger charge is -2.39. The molecule has 1 N–H and O–H groups in total. The Morgan fingerprint density at radius 1 is 1.57 bits per heavy atom. The molecule has 0 aliphatic carbocycles. The van der Waals surface area contributed by atoms with Gasteiger partial charge in [0.05, 0.1) is 12.0 Å². The van der Waals surface area contributed by atoms with E-state index in [9.17, 15) is 4.79 Å². The van der Waals surface area contributed by atoms with Crippen molar-refractivity contribution in [2.24, 2.45) is 5.92 Å². The zero-order valence-corrected chi connectivity index (χ0v) is 13.4. The molecule has 0 radical (unpaired) electrons. The summed E-state index contributed by atoms with van der Waals surface area (Å²) >= 11 is 1.75. The number of nitrogens with one attached hydrogen (secondary N) is 1. The molecule has 1 aromatic heterocycles. The molecule has 0 aromatic carbocycles. The van der Waals surface area contributed by atoms with Gasteiger partial charge in [0.25, 0.3) is 0 Å². The van der Waals surface area contributed by atoms with E-state index in [2.05, 4.69) is 34.7 Å². The Kier molecular flexibility index (Phi) is 4.93. The Labute approximate surface area is 130 Å². The van der Waals surface area contributed by atoms with Gasteiger partial charge in [0.2, 0.25) is 5.91 Å². The summed E-state index contributed by atoms with van der Waals surface area (Å²) in [6, 6.07) is 4.71. The van der Waals surface area contributed by atoms with Crippen LogP contribution in [0.15, 0.2) is 17.5 Å². The van der Waals surface area contributed by atoms with E-state index in [1.54, 1.807) is 11.3 Å². The highest BCUT2D eigenvalue weighted by Crippen LogP contribution is 2.31. The Balaban J connectivity index is 1.50. The first-order chi connectivity index (χ1) is 10.3. The first kappa shape index (κ1) is 15.0. The zero-order chi connectivity index (χ0) is 14.7. The van der Waals surface area contributed by atoms with E-state index in [0.717, 1.165) is 45.5 Å². The van der Waals surface area contributed by atoms with Crippen LogP contribution in [-0.4, -0.2) is 49.2 Å². The summed E-state index contributed by atoms with van der Waals surface area (Å²) in [6.45, 7) is 5.64. The number of piperidine rings is 1. The SMILES string of the molecule is CCN1C[C@H](C(=O)NCCc2cccs2)C[C@@H]2OCC[C@@H]21. The molecule has 116 valence electrons. The maximum Gasteiger partial charge on any atom is 0.224 e. The first-order valence-corrected chi connectivity index (χ1v) is 8.81. The fourth-order valence-electron chi connectivity index (χ4n) is 3.52. The zero-order valence-electron chi connectivity index (χ0n) is 12.6. The molecular weight excluding hydrogens is 284 g/mol. The highest BCUT2D eigenvalue weighted by atomic mass is 32.1. The number of rotatable bonds is 5. The number of carbonyl (C=O) groups excluding carboxylic acids is 1. The molecule has 2 aliphatic heterocycles. The summed E-state index contributed by atoms with van der Waals surface area (Å²) in [5.74, 6) is 0.270. The Bertz CT molecular complexity index is 463. The minimum Gasteiger partial charge on any atom is -0.377 e. The van der Waals surface area contributed by atoms with E-state index in [0.29, 0.717) is 6.04 Å². The number of carbonyl (C=O) groups is 1. The topological polar surface area (TPSA) is 41.6 Å². The van der Waals surface area contributed by atoms with Gasteiger partial charge in [-0.25, -0.2) is 0 Å². The molecule has 2 saturated heterocycles. The summed E-state index contributed by atoms with van der Waals surface area (Å²) in [5.41, 5.74) is 0. The van der Waals surface area contributed by atoms with Crippen LogP contribution in [0.3, 0.4) is 0 Å². The van der Waals surface area contributed by atoms with E-state index in [1.807, 2.05) is 0 Å². The molecule has 2 fully saturated rings. The molecule has 0 unspecified atom stereocenters. The average Bonchev–Trinajstić information content (AvgIpc) is 3.16. The highest BCUT2D eigenvalue weighted by molar-refractivity contribution is 7.09. The fourth-order valence-corrected chi connectivity index (χ4v) is 4.22. The van der Waals surface area contributed by atoms with Crippen molar-refractivity contribution in [3.8, 4) is 0 Å². The minimum absolute atomic E-state index is 0.0765. The highest BCUT2D eigenvalue weighted by Gasteiger charge is 2.41. The summed E-state index contributed by atoms with van der Waals surface area (Å²) in [4.78, 5) is 16.1. The van der Waals surface area contributed by atoms with Gasteiger partial charge >= 0.3 is 0 Å². The van der Waals surface area contributed by atoms with Crippen LogP contribution in [0.4, 0.5) is 0 Å². The van der Waals surface area contributed by atoms with Crippen molar-refractivity contribution in [1.82, 2.24) is 10.2 Å². The lowest BCUT2D eigenvalue weighted by atomic mass is 9.89. The third-order valence-electron chi connectivity index (χ3n) is 4.64. The summed E-state index contributed by atoms with van der Waals surface area (Å²) in [6.07, 6.45) is 3.18. The monoisotopic (exact) mass is 308 g/mol. The van der Waals surface area contributed by atoms with Crippen molar-refractivity contribution in [3.05, 3.63) is 22.4 Å². The molecule has 21 heavy (non-hydrogen) atoms. The van der Waals surface area contributed by atoms with Gasteiger partial charge in [-0.3, -0.25) is 9.69 Å². The molecule has 3 atom stereocenters. The van der Waals surface area contributed by atoms with Crippen LogP contribution in [0.25, 0.3) is 0 Å². The second-order valence-electron chi connectivity index (χ2n) is 5.91. The molecule has 1 aromatic rings. The minimum atomic E-state index is 0.0765. The van der Waals surface area contributed by atoms with Gasteiger partial charge in [-0.2, -0.15) is 0 Å². The standard InChI is InChI=1S/C16H24N2O2S/c1-2-18-11-12(10-15-14(18)6-8-20-15)16(19)17-7-5-13-4-3-9-21-13/h3-4,9,12,14-15H,2,5-8,10-11H2,1H3,(H,17,19)/t12-,14+,15+/m1/s1. The van der Waals surface area contributed by atoms with Crippen LogP contribution in [0.5, 0.6) is 0 Å². The number of nitrogens with zero attached hydrogens (tertiary/aromatic N) is 1. The maximum atomic E-state index is 12.4. The van der Waals surface area contributed by atoms with Crippen molar-refractivity contribution >= 4 is 17.2 Å². The quantitative estimate of drug-likeness (QED) is 0.903. The molecule has 3 heterocycles. The van der Waals surface area contributed by atoms with Crippen molar-refractivity contribution < 1.29 is 9.53 Å². The number of hydrogen-bond donors (Lipinski definition) is 1. The van der Waals surface area contributed by atoms with Crippen LogP contribution in [0, 0.1) is 5.92 Å². The van der Waals surface area contributed by atoms with Crippen molar-refractivity contribution in [2.45, 2.75) is 38.3 Å². The van der Waals surface area contributed by atoms with E-state index in [-0.39, 0.29) is 17.9 Å². The van der Waals surface area contributed by atoms with Crippen molar-refractivity contribution in [1.29, 1.82) is 0 Å². The van der Waals surface area contributed by atoms with Gasteiger partial charge < -0.3 is 10.1 Å². The maximum absolute atomic E-state index is 12.4. The molecule has 1 amide bonds. The second-order valence-corrected chi connectivity index (χ2v) is 6.94. The Morgan fingerprint density at radius 3 is 3.24 bits per heavy atom. The lowest BCUT2D eigenvalue weighted by molar-refractivity contribution is -0.129. The molecule has 0 spiro atoms. The van der Waals surface area contributed by atoms with Crippen LogP contribution in [0.1, 0.15) is 24.6 Å². The van der Waals surface area contributed by atoms with Gasteiger partial charge in [-0.1, -0.05) is 13.0 Å². The van der Waals surface area contributed by atoms with E-state index < -0.39 is 0 Å². The number of likely N-dealkylation sites (tertiary alicyclic amines) is 1. The average molecular weight is 308 g/mol. The van der Waals surface area contributed by atoms with Crippen molar-refractivity contribution in [3.63, 3.8) is 0 Å². The lowest BCUT2D eigenvalue weighted by Crippen LogP contribution is -2.52. The molecule has 4 nitrogen and oxygen atoms in total. The molecule has 5 heteroatoms. The normalized spacial score (nSPS) is 29.3. The number of ether oxygens (including phenoxy) is 1. The number of amides is 1. The number of fused-ring (bicyclic) bond motifs is 1. The number of thiophene rings is 1. The van der Waals surface area contributed by atoms with E-state index in [1.165, 1.54) is 4.88 Å². The summed E-state index contributed by atoms with van der Waals surface area (Å²) < 4.78 is 5.81. The van der Waals surface area contributed by atoms with Gasteiger partial charge in [0.1, 0.15) is 0 Å². The number of likely N-dealkylation sites (N-methyl/N-ethyl adjacent to an activating group) is 1. The Hall–Kier alpha value is -0.910. The predicted molar refractivity (Wildman–Crippen MR) is 84.5 cm³/mol. The van der Waals surface area contributed by atoms with Crippen LogP contribution in [0.2, 0.25) is 0 Å². The van der Waals surface area contributed by atoms with Gasteiger partial charge in [-0.05, 0) is 37.3 Å². The van der Waals surface area contributed by atoms with Crippen LogP contribution < -0.4 is 5.32 Å². The van der Waals surface area contributed by atoms with Crippen molar-refractivity contribution in [2.75, 3.05) is 26.2 Å². The third kappa shape index (κ3) is 3.47. The molecular formula is C16H24N2O2S. The second kappa shape index (κ2) is 6.90. The first-order valence-electron chi connectivity index (χ1n) is 7.93. The summed E-state index contributed by atoms with van der Waals surface area (Å²) in [7, 11) is 0. The predicted octanol–water partition coefficient (Wildman–Crippen LogP) is 1.91. The molecule has 2 aliphatic rings. The van der Waals surface area contributed by atoms with Crippen LogP contribution >= 0.6 is 11.3 Å². The largest absolute Gasteiger partial charge is 0.377 e. The molecule has 0 saturated carbocycles. The molecule has 0 bridgehead atoms. The smallest absolute Gasteiger partial charge is 0.224 e. The summed E-state index contributed by atoms with van der Waals surface area (Å²) in [5, 5.41) is 5.18.